The normalized spacial score (nSPS) is 30.6. The van der Waals surface area contributed by atoms with Crippen molar-refractivity contribution in [3.63, 3.8) is 0 Å². The van der Waals surface area contributed by atoms with E-state index in [0.29, 0.717) is 12.0 Å². The van der Waals surface area contributed by atoms with Gasteiger partial charge in [-0.25, -0.2) is 9.97 Å². The van der Waals surface area contributed by atoms with E-state index in [1.807, 2.05) is 24.2 Å². The molecule has 0 amide bonds. The van der Waals surface area contributed by atoms with Crippen LogP contribution in [-0.2, 0) is 4.74 Å². The molecule has 2 saturated heterocycles. The zero-order chi connectivity index (χ0) is 14.5. The summed E-state index contributed by atoms with van der Waals surface area (Å²) in [5, 5.41) is 3.72. The van der Waals surface area contributed by atoms with Crippen molar-refractivity contribution in [2.24, 2.45) is 5.92 Å². The molecule has 2 fully saturated rings. The Hall–Kier alpha value is -0.650. The van der Waals surface area contributed by atoms with Gasteiger partial charge in [0.2, 0.25) is 0 Å². The maximum absolute atomic E-state index is 6.17. The lowest BCUT2D eigenvalue weighted by Crippen LogP contribution is -2.44. The quantitative estimate of drug-likeness (QED) is 0.906. The summed E-state index contributed by atoms with van der Waals surface area (Å²) in [6.45, 7) is 4.15. The minimum absolute atomic E-state index is 0.134. The highest BCUT2D eigenvalue weighted by molar-refractivity contribution is 7.99. The number of rotatable bonds is 5. The Morgan fingerprint density at radius 3 is 3.05 bits per heavy atom. The van der Waals surface area contributed by atoms with E-state index in [0.717, 1.165) is 38.2 Å². The van der Waals surface area contributed by atoms with Gasteiger partial charge < -0.3 is 10.1 Å². The Labute approximate surface area is 131 Å². The average Bonchev–Trinajstić information content (AvgIpc) is 2.97. The van der Waals surface area contributed by atoms with Gasteiger partial charge in [0.1, 0.15) is 6.33 Å². The fourth-order valence-electron chi connectivity index (χ4n) is 3.54. The summed E-state index contributed by atoms with van der Waals surface area (Å²) in [4.78, 5) is 8.42. The number of nitrogens with zero attached hydrogens (tertiary/aromatic N) is 2. The Morgan fingerprint density at radius 2 is 2.33 bits per heavy atom. The van der Waals surface area contributed by atoms with Gasteiger partial charge in [-0.2, -0.15) is 11.8 Å². The highest BCUT2D eigenvalue weighted by atomic mass is 32.2. The van der Waals surface area contributed by atoms with Gasteiger partial charge in [0.05, 0.1) is 5.60 Å². The van der Waals surface area contributed by atoms with E-state index in [2.05, 4.69) is 22.2 Å². The van der Waals surface area contributed by atoms with Crippen LogP contribution in [0.4, 0.5) is 0 Å². The topological polar surface area (TPSA) is 47.0 Å². The van der Waals surface area contributed by atoms with Crippen LogP contribution in [0.2, 0.25) is 0 Å². The molecular weight excluding hydrogens is 282 g/mol. The van der Waals surface area contributed by atoms with E-state index in [4.69, 9.17) is 4.74 Å². The van der Waals surface area contributed by atoms with Crippen LogP contribution < -0.4 is 5.32 Å². The van der Waals surface area contributed by atoms with Crippen LogP contribution in [0.25, 0.3) is 0 Å². The van der Waals surface area contributed by atoms with Gasteiger partial charge in [-0.1, -0.05) is 6.92 Å². The van der Waals surface area contributed by atoms with Crippen LogP contribution >= 0.6 is 11.8 Å². The number of nitrogens with one attached hydrogen (secondary N) is 1. The number of hydrogen-bond donors (Lipinski definition) is 1. The number of ether oxygens (including phenoxy) is 1. The van der Waals surface area contributed by atoms with Crippen LogP contribution in [0.1, 0.15) is 44.2 Å². The van der Waals surface area contributed by atoms with Crippen molar-refractivity contribution in [1.82, 2.24) is 15.3 Å². The Bertz CT molecular complexity index is 436. The van der Waals surface area contributed by atoms with E-state index in [9.17, 15) is 0 Å². The number of aromatic nitrogens is 2. The molecule has 5 heteroatoms. The summed E-state index contributed by atoms with van der Waals surface area (Å²) in [6, 6.07) is 0.359. The molecule has 1 aromatic rings. The molecule has 1 aromatic heterocycles. The molecule has 3 rings (SSSR count). The molecule has 1 N–H and O–H groups in total. The lowest BCUT2D eigenvalue weighted by Gasteiger charge is -2.41. The Balaban J connectivity index is 1.75. The summed E-state index contributed by atoms with van der Waals surface area (Å²) >= 11 is 2.04. The van der Waals surface area contributed by atoms with Crippen molar-refractivity contribution in [2.45, 2.75) is 44.2 Å². The van der Waals surface area contributed by atoms with Gasteiger partial charge in [0.25, 0.3) is 0 Å². The molecule has 0 aromatic carbocycles. The van der Waals surface area contributed by atoms with Gasteiger partial charge in [-0.15, -0.1) is 0 Å². The number of hydrogen-bond acceptors (Lipinski definition) is 5. The summed E-state index contributed by atoms with van der Waals surface area (Å²) in [5.41, 5.74) is 1.36. The maximum atomic E-state index is 6.17. The van der Waals surface area contributed by atoms with Gasteiger partial charge in [-0.05, 0) is 43.9 Å². The van der Waals surface area contributed by atoms with Crippen molar-refractivity contribution in [3.8, 4) is 0 Å². The lowest BCUT2D eigenvalue weighted by molar-refractivity contribution is -0.0854. The predicted octanol–water partition coefficient (Wildman–Crippen LogP) is 2.82. The molecule has 0 bridgehead atoms. The van der Waals surface area contributed by atoms with E-state index in [1.54, 1.807) is 6.33 Å². The molecule has 2 aliphatic rings. The van der Waals surface area contributed by atoms with Crippen LogP contribution in [0.15, 0.2) is 18.7 Å². The van der Waals surface area contributed by atoms with E-state index >= 15 is 0 Å². The second-order valence-electron chi connectivity index (χ2n) is 6.19. The summed E-state index contributed by atoms with van der Waals surface area (Å²) in [5.74, 6) is 3.03. The molecule has 0 aliphatic carbocycles. The average molecular weight is 307 g/mol. The first-order valence-corrected chi connectivity index (χ1v) is 9.18. The largest absolute Gasteiger partial charge is 0.374 e. The third-order valence-electron chi connectivity index (χ3n) is 4.62. The van der Waals surface area contributed by atoms with Gasteiger partial charge in [0, 0.05) is 36.4 Å². The smallest absolute Gasteiger partial charge is 0.115 e. The summed E-state index contributed by atoms with van der Waals surface area (Å²) < 4.78 is 6.17. The molecule has 21 heavy (non-hydrogen) atoms. The molecule has 0 radical (unpaired) electrons. The highest BCUT2D eigenvalue weighted by Crippen LogP contribution is 2.43. The molecule has 2 aliphatic heterocycles. The van der Waals surface area contributed by atoms with Gasteiger partial charge in [0.15, 0.2) is 0 Å². The molecule has 4 nitrogen and oxygen atoms in total. The Morgan fingerprint density at radius 1 is 1.48 bits per heavy atom. The molecule has 3 atom stereocenters. The first-order chi connectivity index (χ1) is 10.3. The minimum Gasteiger partial charge on any atom is -0.374 e. The van der Waals surface area contributed by atoms with Crippen molar-refractivity contribution >= 4 is 11.8 Å². The second kappa shape index (κ2) is 7.07. The van der Waals surface area contributed by atoms with Crippen LogP contribution in [-0.4, -0.2) is 40.2 Å². The molecule has 3 heterocycles. The van der Waals surface area contributed by atoms with Crippen molar-refractivity contribution < 1.29 is 4.74 Å². The SMILES string of the molecule is CCCNC(c1cncnc1)C1CCOC2(CCSC2)C1. The monoisotopic (exact) mass is 307 g/mol. The molecule has 3 unspecified atom stereocenters. The third kappa shape index (κ3) is 3.58. The van der Waals surface area contributed by atoms with E-state index in [1.165, 1.54) is 17.7 Å². The van der Waals surface area contributed by atoms with Crippen molar-refractivity contribution in [2.75, 3.05) is 24.7 Å². The minimum atomic E-state index is 0.134. The zero-order valence-corrected chi connectivity index (χ0v) is 13.6. The third-order valence-corrected chi connectivity index (χ3v) is 5.85. The van der Waals surface area contributed by atoms with Crippen LogP contribution in [0.5, 0.6) is 0 Å². The lowest BCUT2D eigenvalue weighted by atomic mass is 9.79. The van der Waals surface area contributed by atoms with E-state index < -0.39 is 0 Å². The fourth-order valence-corrected chi connectivity index (χ4v) is 4.92. The highest BCUT2D eigenvalue weighted by Gasteiger charge is 2.42. The number of thioether (sulfide) groups is 1. The van der Waals surface area contributed by atoms with Crippen molar-refractivity contribution in [1.29, 1.82) is 0 Å². The van der Waals surface area contributed by atoms with Gasteiger partial charge >= 0.3 is 0 Å². The fraction of sp³-hybridized carbons (Fsp3) is 0.750. The van der Waals surface area contributed by atoms with Crippen LogP contribution in [0, 0.1) is 5.92 Å². The second-order valence-corrected chi connectivity index (χ2v) is 7.30. The molecule has 0 saturated carbocycles. The Kier molecular flexibility index (Phi) is 5.14. The van der Waals surface area contributed by atoms with Crippen LogP contribution in [0.3, 0.4) is 0 Å². The zero-order valence-electron chi connectivity index (χ0n) is 12.8. The standard InChI is InChI=1S/C16H25N3OS/c1-2-5-19-15(14-9-17-12-18-10-14)13-3-6-20-16(8-13)4-7-21-11-16/h9-10,12-13,15,19H,2-8,11H2,1H3. The molecule has 116 valence electrons. The van der Waals surface area contributed by atoms with Crippen molar-refractivity contribution in [3.05, 3.63) is 24.3 Å². The first-order valence-electron chi connectivity index (χ1n) is 8.03. The first kappa shape index (κ1) is 15.3. The van der Waals surface area contributed by atoms with Gasteiger partial charge in [-0.3, -0.25) is 0 Å². The summed E-state index contributed by atoms with van der Waals surface area (Å²) in [6.07, 6.45) is 10.2. The molecule has 1 spiro atoms. The predicted molar refractivity (Wildman–Crippen MR) is 86.4 cm³/mol. The van der Waals surface area contributed by atoms with E-state index in [-0.39, 0.29) is 5.60 Å². The summed E-state index contributed by atoms with van der Waals surface area (Å²) in [7, 11) is 0. The maximum Gasteiger partial charge on any atom is 0.115 e. The molecular formula is C16H25N3OS.